The monoisotopic (exact) mass is 230 g/mol. The van der Waals surface area contributed by atoms with E-state index in [1.54, 1.807) is 6.26 Å². The Balaban J connectivity index is 2.62. The second kappa shape index (κ2) is 3.73. The number of carbonyl (C=O) groups excluding carboxylic acids is 1. The van der Waals surface area contributed by atoms with Gasteiger partial charge in [-0.1, -0.05) is 25.2 Å². The lowest BCUT2D eigenvalue weighted by Gasteiger charge is -2.37. The highest BCUT2D eigenvalue weighted by atomic mass is 16.3. The minimum Gasteiger partial charge on any atom is -0.468 e. The van der Waals surface area contributed by atoms with Gasteiger partial charge >= 0.3 is 0 Å². The summed E-state index contributed by atoms with van der Waals surface area (Å²) in [7, 11) is 0. The molecule has 0 saturated heterocycles. The van der Waals surface area contributed by atoms with Crippen molar-refractivity contribution in [2.24, 2.45) is 11.3 Å². The largest absolute Gasteiger partial charge is 0.468 e. The SMILES string of the molecule is C=C[C@@]1(C)Cc2occ(C)c2C(=O)[C@H]1C(=C)C. The Morgan fingerprint density at radius 1 is 1.65 bits per heavy atom. The van der Waals surface area contributed by atoms with Crippen molar-refractivity contribution in [2.75, 3.05) is 0 Å². The van der Waals surface area contributed by atoms with E-state index in [1.165, 1.54) is 0 Å². The number of fused-ring (bicyclic) bond motifs is 1. The van der Waals surface area contributed by atoms with E-state index in [2.05, 4.69) is 13.2 Å². The number of hydrogen-bond donors (Lipinski definition) is 0. The normalized spacial score (nSPS) is 27.7. The van der Waals surface area contributed by atoms with Crippen LogP contribution in [0.2, 0.25) is 0 Å². The van der Waals surface area contributed by atoms with Gasteiger partial charge in [0.2, 0.25) is 0 Å². The molecule has 1 heterocycles. The van der Waals surface area contributed by atoms with E-state index in [9.17, 15) is 4.79 Å². The first-order chi connectivity index (χ1) is 7.90. The molecule has 1 aromatic rings. The van der Waals surface area contributed by atoms with Crippen LogP contribution in [0.1, 0.15) is 35.5 Å². The molecule has 0 radical (unpaired) electrons. The van der Waals surface area contributed by atoms with Crippen LogP contribution in [0.4, 0.5) is 0 Å². The third-order valence-electron chi connectivity index (χ3n) is 3.72. The fourth-order valence-corrected chi connectivity index (χ4v) is 2.83. The Labute approximate surface area is 102 Å². The van der Waals surface area contributed by atoms with Crippen LogP contribution in [0.3, 0.4) is 0 Å². The molecule has 0 amide bonds. The van der Waals surface area contributed by atoms with Crippen molar-refractivity contribution in [1.29, 1.82) is 0 Å². The maximum absolute atomic E-state index is 12.5. The van der Waals surface area contributed by atoms with Crippen molar-refractivity contribution < 1.29 is 9.21 Å². The predicted octanol–water partition coefficient (Wildman–Crippen LogP) is 3.71. The average molecular weight is 230 g/mol. The van der Waals surface area contributed by atoms with Crippen molar-refractivity contribution in [3.63, 3.8) is 0 Å². The Kier molecular flexibility index (Phi) is 2.61. The summed E-state index contributed by atoms with van der Waals surface area (Å²) >= 11 is 0. The van der Waals surface area contributed by atoms with Gasteiger partial charge in [0.15, 0.2) is 5.78 Å². The van der Waals surface area contributed by atoms with E-state index >= 15 is 0 Å². The van der Waals surface area contributed by atoms with Gasteiger partial charge in [-0.2, -0.15) is 0 Å². The van der Waals surface area contributed by atoms with Gasteiger partial charge in [0.1, 0.15) is 5.76 Å². The van der Waals surface area contributed by atoms with E-state index in [4.69, 9.17) is 4.42 Å². The lowest BCUT2D eigenvalue weighted by Crippen LogP contribution is -2.39. The van der Waals surface area contributed by atoms with Crippen molar-refractivity contribution >= 4 is 5.78 Å². The molecule has 2 rings (SSSR count). The lowest BCUT2D eigenvalue weighted by molar-refractivity contribution is 0.0833. The minimum absolute atomic E-state index is 0.118. The summed E-state index contributed by atoms with van der Waals surface area (Å²) in [6.07, 6.45) is 4.22. The standard InChI is InChI=1S/C15H18O2/c1-6-15(5)7-11-12(10(4)8-17-11)14(16)13(15)9(2)3/h6,8,13H,1-2,7H2,3-5H3/t13-,15+/m1/s1. The molecule has 1 aliphatic carbocycles. The van der Waals surface area contributed by atoms with Crippen molar-refractivity contribution in [3.05, 3.63) is 48.0 Å². The van der Waals surface area contributed by atoms with Crippen molar-refractivity contribution in [2.45, 2.75) is 27.2 Å². The molecule has 0 aromatic carbocycles. The number of Topliss-reactive ketones (excluding diaryl/α,β-unsaturated/α-hetero) is 1. The maximum atomic E-state index is 12.5. The Hall–Kier alpha value is -1.57. The first-order valence-electron chi connectivity index (χ1n) is 5.81. The maximum Gasteiger partial charge on any atom is 0.174 e. The molecule has 2 heteroatoms. The predicted molar refractivity (Wildman–Crippen MR) is 68.1 cm³/mol. The van der Waals surface area contributed by atoms with Gasteiger partial charge in [0, 0.05) is 11.8 Å². The molecule has 2 nitrogen and oxygen atoms in total. The molecule has 0 aliphatic heterocycles. The summed E-state index contributed by atoms with van der Waals surface area (Å²) in [4.78, 5) is 12.5. The highest BCUT2D eigenvalue weighted by Gasteiger charge is 2.45. The number of hydrogen-bond acceptors (Lipinski definition) is 2. The zero-order chi connectivity index (χ0) is 12.8. The first-order valence-corrected chi connectivity index (χ1v) is 5.81. The summed E-state index contributed by atoms with van der Waals surface area (Å²) in [5.41, 5.74) is 2.27. The highest BCUT2D eigenvalue weighted by Crippen LogP contribution is 2.45. The van der Waals surface area contributed by atoms with Crippen LogP contribution in [0.25, 0.3) is 0 Å². The van der Waals surface area contributed by atoms with Crippen LogP contribution >= 0.6 is 0 Å². The van der Waals surface area contributed by atoms with Gasteiger partial charge in [0.05, 0.1) is 17.7 Å². The third kappa shape index (κ3) is 1.59. The van der Waals surface area contributed by atoms with E-state index in [-0.39, 0.29) is 17.1 Å². The van der Waals surface area contributed by atoms with Gasteiger partial charge in [-0.15, -0.1) is 6.58 Å². The number of furan rings is 1. The van der Waals surface area contributed by atoms with Crippen LogP contribution < -0.4 is 0 Å². The van der Waals surface area contributed by atoms with E-state index < -0.39 is 0 Å². The fourth-order valence-electron chi connectivity index (χ4n) is 2.83. The molecule has 17 heavy (non-hydrogen) atoms. The quantitative estimate of drug-likeness (QED) is 0.725. The third-order valence-corrected chi connectivity index (χ3v) is 3.72. The molecule has 0 spiro atoms. The molecule has 1 aliphatic rings. The summed E-state index contributed by atoms with van der Waals surface area (Å²) < 4.78 is 5.48. The molecular formula is C15H18O2. The number of rotatable bonds is 2. The zero-order valence-corrected chi connectivity index (χ0v) is 10.7. The van der Waals surface area contributed by atoms with Crippen LogP contribution in [0.5, 0.6) is 0 Å². The fraction of sp³-hybridized carbons (Fsp3) is 0.400. The van der Waals surface area contributed by atoms with Crippen LogP contribution in [-0.4, -0.2) is 5.78 Å². The molecule has 0 fully saturated rings. The second-order valence-corrected chi connectivity index (χ2v) is 5.25. The summed E-state index contributed by atoms with van der Waals surface area (Å²) in [6.45, 7) is 13.7. The Morgan fingerprint density at radius 3 is 2.82 bits per heavy atom. The molecule has 90 valence electrons. The topological polar surface area (TPSA) is 30.2 Å². The summed E-state index contributed by atoms with van der Waals surface area (Å²) in [5.74, 6) is 0.712. The van der Waals surface area contributed by atoms with Gasteiger partial charge in [0.25, 0.3) is 0 Å². The smallest absolute Gasteiger partial charge is 0.174 e. The molecule has 0 bridgehead atoms. The zero-order valence-electron chi connectivity index (χ0n) is 10.7. The van der Waals surface area contributed by atoms with Gasteiger partial charge in [-0.25, -0.2) is 0 Å². The number of aryl methyl sites for hydroxylation is 1. The second-order valence-electron chi connectivity index (χ2n) is 5.25. The molecule has 2 atom stereocenters. The highest BCUT2D eigenvalue weighted by molar-refractivity contribution is 6.03. The minimum atomic E-state index is -0.291. The molecule has 0 saturated carbocycles. The van der Waals surface area contributed by atoms with Gasteiger partial charge in [-0.3, -0.25) is 4.79 Å². The lowest BCUT2D eigenvalue weighted by atomic mass is 9.64. The number of allylic oxidation sites excluding steroid dienone is 2. The van der Waals surface area contributed by atoms with Gasteiger partial charge < -0.3 is 4.42 Å². The van der Waals surface area contributed by atoms with Gasteiger partial charge in [-0.05, 0) is 19.4 Å². The molecule has 0 N–H and O–H groups in total. The molecule has 0 unspecified atom stereocenters. The van der Waals surface area contributed by atoms with E-state index in [1.807, 2.05) is 26.8 Å². The van der Waals surface area contributed by atoms with Crippen molar-refractivity contribution in [3.8, 4) is 0 Å². The average Bonchev–Trinajstić information content (AvgIpc) is 2.59. The Bertz CT molecular complexity index is 507. The Morgan fingerprint density at radius 2 is 2.29 bits per heavy atom. The van der Waals surface area contributed by atoms with E-state index in [0.717, 1.165) is 22.5 Å². The van der Waals surface area contributed by atoms with Crippen LogP contribution in [0, 0.1) is 18.3 Å². The number of carbonyl (C=O) groups is 1. The molecule has 1 aromatic heterocycles. The van der Waals surface area contributed by atoms with E-state index in [0.29, 0.717) is 6.42 Å². The van der Waals surface area contributed by atoms with Crippen LogP contribution in [0.15, 0.2) is 35.5 Å². The summed E-state index contributed by atoms with van der Waals surface area (Å²) in [6, 6.07) is 0. The molecular weight excluding hydrogens is 212 g/mol. The van der Waals surface area contributed by atoms with Crippen molar-refractivity contribution in [1.82, 2.24) is 0 Å². The first kappa shape index (κ1) is 11.9. The van der Waals surface area contributed by atoms with Crippen LogP contribution in [-0.2, 0) is 6.42 Å². The number of ketones is 1. The summed E-state index contributed by atoms with van der Waals surface area (Å²) in [5, 5.41) is 0.